The molecule has 0 spiro atoms. The van der Waals surface area contributed by atoms with Gasteiger partial charge in [0.1, 0.15) is 0 Å². The van der Waals surface area contributed by atoms with Crippen LogP contribution in [0.4, 0.5) is 5.69 Å². The van der Waals surface area contributed by atoms with Crippen LogP contribution in [0.3, 0.4) is 0 Å². The molecule has 23 heavy (non-hydrogen) atoms. The zero-order valence-electron chi connectivity index (χ0n) is 13.5. The molecule has 0 radical (unpaired) electrons. The number of anilines is 1. The summed E-state index contributed by atoms with van der Waals surface area (Å²) in [5.74, 6) is 0.809. The molecular formula is C19H24N2O2. The lowest BCUT2D eigenvalue weighted by atomic mass is 10.0. The maximum atomic E-state index is 12.1. The molecule has 0 aliphatic heterocycles. The average Bonchev–Trinajstić information content (AvgIpc) is 3.27. The van der Waals surface area contributed by atoms with Crippen molar-refractivity contribution in [3.8, 4) is 0 Å². The predicted octanol–water partition coefficient (Wildman–Crippen LogP) is 3.57. The fourth-order valence-corrected chi connectivity index (χ4v) is 2.93. The number of amides is 2. The highest BCUT2D eigenvalue weighted by Gasteiger charge is 2.29. The second-order valence-electron chi connectivity index (χ2n) is 6.64. The maximum Gasteiger partial charge on any atom is 0.227 e. The summed E-state index contributed by atoms with van der Waals surface area (Å²) in [7, 11) is 0. The number of hydrogen-bond donors (Lipinski definition) is 2. The van der Waals surface area contributed by atoms with Crippen molar-refractivity contribution < 1.29 is 9.59 Å². The van der Waals surface area contributed by atoms with Gasteiger partial charge in [-0.25, -0.2) is 0 Å². The van der Waals surface area contributed by atoms with Crippen LogP contribution >= 0.6 is 0 Å². The molecule has 2 aliphatic rings. The van der Waals surface area contributed by atoms with E-state index in [9.17, 15) is 9.59 Å². The number of carbonyl (C=O) groups excluding carboxylic acids is 2. The summed E-state index contributed by atoms with van der Waals surface area (Å²) in [5, 5.41) is 5.98. The molecule has 4 nitrogen and oxygen atoms in total. The number of hydrogen-bond acceptors (Lipinski definition) is 2. The minimum atomic E-state index is -0.0268. The Morgan fingerprint density at radius 2 is 1.91 bits per heavy atom. The van der Waals surface area contributed by atoms with E-state index in [2.05, 4.69) is 22.8 Å². The van der Waals surface area contributed by atoms with Gasteiger partial charge in [-0.15, -0.1) is 0 Å². The lowest BCUT2D eigenvalue weighted by Gasteiger charge is -2.16. The van der Waals surface area contributed by atoms with E-state index < -0.39 is 0 Å². The number of rotatable bonds is 6. The van der Waals surface area contributed by atoms with Crippen LogP contribution in [0.25, 0.3) is 0 Å². The van der Waals surface area contributed by atoms with E-state index in [1.165, 1.54) is 0 Å². The third-order valence-electron chi connectivity index (χ3n) is 4.56. The molecule has 0 aromatic heterocycles. The molecule has 2 amide bonds. The second-order valence-corrected chi connectivity index (χ2v) is 6.64. The molecule has 2 atom stereocenters. The summed E-state index contributed by atoms with van der Waals surface area (Å²) in [4.78, 5) is 23.8. The first-order chi connectivity index (χ1) is 11.1. The third kappa shape index (κ3) is 4.44. The molecule has 0 unspecified atom stereocenters. The fourth-order valence-electron chi connectivity index (χ4n) is 2.93. The summed E-state index contributed by atoms with van der Waals surface area (Å²) in [6, 6.07) is 7.70. The molecule has 0 saturated heterocycles. The Bertz CT molecular complexity index is 602. The minimum Gasteiger partial charge on any atom is -0.350 e. The van der Waals surface area contributed by atoms with Gasteiger partial charge in [-0.3, -0.25) is 9.59 Å². The number of nitrogens with one attached hydrogen (secondary N) is 2. The Labute approximate surface area is 137 Å². The smallest absolute Gasteiger partial charge is 0.227 e. The van der Waals surface area contributed by atoms with Crippen LogP contribution in [0.1, 0.15) is 50.6 Å². The van der Waals surface area contributed by atoms with E-state index in [1.807, 2.05) is 31.2 Å². The first-order valence-corrected chi connectivity index (χ1v) is 8.48. The number of benzene rings is 1. The van der Waals surface area contributed by atoms with E-state index in [4.69, 9.17) is 0 Å². The van der Waals surface area contributed by atoms with Crippen molar-refractivity contribution in [2.45, 2.75) is 45.1 Å². The molecule has 122 valence electrons. The highest BCUT2D eigenvalue weighted by molar-refractivity contribution is 5.94. The molecule has 3 rings (SSSR count). The van der Waals surface area contributed by atoms with Gasteiger partial charge >= 0.3 is 0 Å². The van der Waals surface area contributed by atoms with E-state index >= 15 is 0 Å². The quantitative estimate of drug-likeness (QED) is 0.789. The highest BCUT2D eigenvalue weighted by atomic mass is 16.2. The van der Waals surface area contributed by atoms with Gasteiger partial charge in [0.2, 0.25) is 11.8 Å². The standard InChI is InChI=1S/C19H24N2O2/c1-13(20-18(22)12-14-4-2-3-5-14)15-8-10-17(11-9-15)21-19(23)16-6-7-16/h2,4,8-11,13-14,16H,3,5-7,12H2,1H3,(H,20,22)(H,21,23)/t13-,14-/m1/s1. The SMILES string of the molecule is C[C@@H](NC(=O)C[C@@H]1C=CCC1)c1ccc(NC(=O)C2CC2)cc1. The van der Waals surface area contributed by atoms with Crippen molar-refractivity contribution in [3.63, 3.8) is 0 Å². The first kappa shape index (κ1) is 15.8. The Hall–Kier alpha value is -2.10. The van der Waals surface area contributed by atoms with Crippen molar-refractivity contribution in [2.24, 2.45) is 11.8 Å². The minimum absolute atomic E-state index is 0.0268. The van der Waals surface area contributed by atoms with E-state index in [-0.39, 0.29) is 23.8 Å². The van der Waals surface area contributed by atoms with E-state index in [0.717, 1.165) is 36.9 Å². The summed E-state index contributed by atoms with van der Waals surface area (Å²) in [6.45, 7) is 1.99. The predicted molar refractivity (Wildman–Crippen MR) is 90.8 cm³/mol. The van der Waals surface area contributed by atoms with Gasteiger partial charge in [-0.1, -0.05) is 24.3 Å². The van der Waals surface area contributed by atoms with Gasteiger partial charge in [0.05, 0.1) is 6.04 Å². The molecule has 1 fully saturated rings. The molecular weight excluding hydrogens is 288 g/mol. The van der Waals surface area contributed by atoms with Crippen molar-refractivity contribution >= 4 is 17.5 Å². The maximum absolute atomic E-state index is 12.1. The van der Waals surface area contributed by atoms with Crippen LogP contribution in [0, 0.1) is 11.8 Å². The molecule has 0 heterocycles. The van der Waals surface area contributed by atoms with Crippen LogP contribution in [0.2, 0.25) is 0 Å². The van der Waals surface area contributed by atoms with Gasteiger partial charge < -0.3 is 10.6 Å². The molecule has 1 saturated carbocycles. The lowest BCUT2D eigenvalue weighted by Crippen LogP contribution is -2.27. The Kier molecular flexibility index (Phi) is 4.79. The lowest BCUT2D eigenvalue weighted by molar-refractivity contribution is -0.122. The summed E-state index contributed by atoms with van der Waals surface area (Å²) in [6.07, 6.45) is 9.03. The Morgan fingerprint density at radius 3 is 2.52 bits per heavy atom. The van der Waals surface area contributed by atoms with Gasteiger partial charge in [0, 0.05) is 18.0 Å². The normalized spacial score (nSPS) is 21.0. The first-order valence-electron chi connectivity index (χ1n) is 8.48. The highest BCUT2D eigenvalue weighted by Crippen LogP contribution is 2.30. The van der Waals surface area contributed by atoms with Gasteiger partial charge in [0.15, 0.2) is 0 Å². The molecule has 0 bridgehead atoms. The van der Waals surface area contributed by atoms with Crippen molar-refractivity contribution in [2.75, 3.05) is 5.32 Å². The van der Waals surface area contributed by atoms with Crippen molar-refractivity contribution in [3.05, 3.63) is 42.0 Å². The Morgan fingerprint density at radius 1 is 1.17 bits per heavy atom. The van der Waals surface area contributed by atoms with Crippen molar-refractivity contribution in [1.82, 2.24) is 5.32 Å². The van der Waals surface area contributed by atoms with Crippen LogP contribution in [-0.4, -0.2) is 11.8 Å². The van der Waals surface area contributed by atoms with Crippen LogP contribution < -0.4 is 10.6 Å². The summed E-state index contributed by atoms with van der Waals surface area (Å²) >= 11 is 0. The third-order valence-corrected chi connectivity index (χ3v) is 4.56. The molecule has 1 aromatic carbocycles. The van der Waals surface area contributed by atoms with E-state index in [0.29, 0.717) is 12.3 Å². The molecule has 1 aromatic rings. The number of allylic oxidation sites excluding steroid dienone is 2. The van der Waals surface area contributed by atoms with Crippen molar-refractivity contribution in [1.29, 1.82) is 0 Å². The second kappa shape index (κ2) is 6.99. The molecule has 4 heteroatoms. The zero-order chi connectivity index (χ0) is 16.2. The van der Waals surface area contributed by atoms with E-state index in [1.54, 1.807) is 0 Å². The Balaban J connectivity index is 1.50. The summed E-state index contributed by atoms with van der Waals surface area (Å²) in [5.41, 5.74) is 1.87. The van der Waals surface area contributed by atoms with Crippen LogP contribution in [0.15, 0.2) is 36.4 Å². The number of carbonyl (C=O) groups is 2. The van der Waals surface area contributed by atoms with Gasteiger partial charge in [-0.05, 0) is 56.2 Å². The van der Waals surface area contributed by atoms with Gasteiger partial charge in [0.25, 0.3) is 0 Å². The molecule has 2 N–H and O–H groups in total. The largest absolute Gasteiger partial charge is 0.350 e. The fraction of sp³-hybridized carbons (Fsp3) is 0.474. The monoisotopic (exact) mass is 312 g/mol. The van der Waals surface area contributed by atoms with Crippen LogP contribution in [-0.2, 0) is 9.59 Å². The van der Waals surface area contributed by atoms with Crippen LogP contribution in [0.5, 0.6) is 0 Å². The average molecular weight is 312 g/mol. The van der Waals surface area contributed by atoms with Gasteiger partial charge in [-0.2, -0.15) is 0 Å². The molecule has 2 aliphatic carbocycles. The summed E-state index contributed by atoms with van der Waals surface area (Å²) < 4.78 is 0. The zero-order valence-corrected chi connectivity index (χ0v) is 13.5. The topological polar surface area (TPSA) is 58.2 Å².